The van der Waals surface area contributed by atoms with Crippen LogP contribution >= 0.6 is 0 Å². The summed E-state index contributed by atoms with van der Waals surface area (Å²) in [4.78, 5) is 8.87. The third kappa shape index (κ3) is 3.48. The van der Waals surface area contributed by atoms with Gasteiger partial charge in [-0.1, -0.05) is 18.2 Å². The number of hydrogen-bond donors (Lipinski definition) is 0. The molecule has 134 valence electrons. The van der Waals surface area contributed by atoms with Crippen LogP contribution in [0.2, 0.25) is 0 Å². The van der Waals surface area contributed by atoms with Crippen molar-refractivity contribution in [3.05, 3.63) is 66.1 Å². The molecule has 0 radical (unpaired) electrons. The van der Waals surface area contributed by atoms with Gasteiger partial charge in [0.15, 0.2) is 0 Å². The Morgan fingerprint density at radius 2 is 1.85 bits per heavy atom. The van der Waals surface area contributed by atoms with E-state index in [-0.39, 0.29) is 5.82 Å². The van der Waals surface area contributed by atoms with E-state index in [2.05, 4.69) is 39.0 Å². The summed E-state index contributed by atoms with van der Waals surface area (Å²) < 4.78 is 19.1. The molecule has 2 aromatic carbocycles. The minimum Gasteiger partial charge on any atom is -0.378 e. The molecule has 0 bridgehead atoms. The Kier molecular flexibility index (Phi) is 4.71. The van der Waals surface area contributed by atoms with Gasteiger partial charge in [0.1, 0.15) is 11.6 Å². The summed E-state index contributed by atoms with van der Waals surface area (Å²) in [6.07, 6.45) is 1.77. The number of aromatic nitrogens is 1. The van der Waals surface area contributed by atoms with E-state index in [1.807, 2.05) is 13.1 Å². The van der Waals surface area contributed by atoms with Crippen LogP contribution < -0.4 is 9.80 Å². The first-order valence-electron chi connectivity index (χ1n) is 8.88. The van der Waals surface area contributed by atoms with Crippen molar-refractivity contribution >= 4 is 22.3 Å². The second-order valence-corrected chi connectivity index (χ2v) is 6.62. The second-order valence-electron chi connectivity index (χ2n) is 6.62. The van der Waals surface area contributed by atoms with Crippen molar-refractivity contribution in [2.45, 2.75) is 6.54 Å². The van der Waals surface area contributed by atoms with Gasteiger partial charge in [-0.15, -0.1) is 0 Å². The highest BCUT2D eigenvalue weighted by Gasteiger charge is 2.12. The molecule has 3 aromatic rings. The van der Waals surface area contributed by atoms with E-state index < -0.39 is 0 Å². The van der Waals surface area contributed by atoms with E-state index in [1.165, 1.54) is 17.3 Å². The summed E-state index contributed by atoms with van der Waals surface area (Å²) in [5, 5.41) is 1.82. The monoisotopic (exact) mass is 351 g/mol. The molecule has 5 heteroatoms. The zero-order valence-corrected chi connectivity index (χ0v) is 14.9. The Labute approximate surface area is 152 Å². The highest BCUT2D eigenvalue weighted by molar-refractivity contribution is 5.92. The van der Waals surface area contributed by atoms with Crippen molar-refractivity contribution in [1.29, 1.82) is 0 Å². The van der Waals surface area contributed by atoms with E-state index >= 15 is 0 Å². The maximum atomic E-state index is 13.7. The first kappa shape index (κ1) is 16.8. The third-order valence-electron chi connectivity index (χ3n) is 4.80. The number of fused-ring (bicyclic) bond motifs is 1. The first-order valence-corrected chi connectivity index (χ1v) is 8.88. The molecule has 4 nitrogen and oxygen atoms in total. The van der Waals surface area contributed by atoms with Gasteiger partial charge in [0.2, 0.25) is 0 Å². The lowest BCUT2D eigenvalue weighted by atomic mass is 10.1. The van der Waals surface area contributed by atoms with Gasteiger partial charge in [-0.05, 0) is 41.3 Å². The maximum Gasteiger partial charge on any atom is 0.136 e. The van der Waals surface area contributed by atoms with Crippen LogP contribution in [0.5, 0.6) is 0 Å². The zero-order valence-electron chi connectivity index (χ0n) is 14.9. The van der Waals surface area contributed by atoms with Crippen molar-refractivity contribution in [1.82, 2.24) is 4.98 Å². The van der Waals surface area contributed by atoms with Crippen LogP contribution in [-0.4, -0.2) is 38.3 Å². The minimum atomic E-state index is -0.241. The van der Waals surface area contributed by atoms with Crippen LogP contribution in [-0.2, 0) is 11.3 Å². The van der Waals surface area contributed by atoms with Gasteiger partial charge in [-0.25, -0.2) is 9.37 Å². The molecule has 0 atom stereocenters. The SMILES string of the molecule is CN(Cc1ccc(N2CCOCC2)cc1)c1nccc2ccc(F)cc12. The number of rotatable bonds is 4. The van der Waals surface area contributed by atoms with Gasteiger partial charge in [0.25, 0.3) is 0 Å². The molecule has 0 N–H and O–H groups in total. The lowest BCUT2D eigenvalue weighted by molar-refractivity contribution is 0.122. The lowest BCUT2D eigenvalue weighted by Gasteiger charge is -2.29. The summed E-state index contributed by atoms with van der Waals surface area (Å²) >= 11 is 0. The molecular weight excluding hydrogens is 329 g/mol. The van der Waals surface area contributed by atoms with Crippen LogP contribution in [0.15, 0.2) is 54.7 Å². The number of nitrogens with zero attached hydrogens (tertiary/aromatic N) is 3. The number of anilines is 2. The first-order chi connectivity index (χ1) is 12.7. The normalized spacial score (nSPS) is 14.6. The highest BCUT2D eigenvalue weighted by Crippen LogP contribution is 2.26. The summed E-state index contributed by atoms with van der Waals surface area (Å²) in [6, 6.07) is 15.3. The third-order valence-corrected chi connectivity index (χ3v) is 4.80. The van der Waals surface area contributed by atoms with E-state index in [1.54, 1.807) is 18.3 Å². The van der Waals surface area contributed by atoms with Gasteiger partial charge in [0.05, 0.1) is 13.2 Å². The molecule has 1 aliphatic heterocycles. The number of benzene rings is 2. The molecule has 1 saturated heterocycles. The standard InChI is InChI=1S/C21H22FN3O/c1-24(21-20-14-18(22)5-4-17(20)8-9-23-21)15-16-2-6-19(7-3-16)25-10-12-26-13-11-25/h2-9,14H,10-13,15H2,1H3. The van der Waals surface area contributed by atoms with Crippen LogP contribution in [0.4, 0.5) is 15.9 Å². The van der Waals surface area contributed by atoms with Gasteiger partial charge in [-0.3, -0.25) is 0 Å². The average Bonchev–Trinajstić information content (AvgIpc) is 2.68. The molecule has 2 heterocycles. The van der Waals surface area contributed by atoms with Crippen LogP contribution in [0.3, 0.4) is 0 Å². The topological polar surface area (TPSA) is 28.6 Å². The number of ether oxygens (including phenoxy) is 1. The van der Waals surface area contributed by atoms with Crippen molar-refractivity contribution in [2.24, 2.45) is 0 Å². The Bertz CT molecular complexity index is 891. The molecule has 1 fully saturated rings. The van der Waals surface area contributed by atoms with E-state index in [0.29, 0.717) is 6.54 Å². The molecule has 0 aliphatic carbocycles. The zero-order chi connectivity index (χ0) is 17.9. The molecule has 0 saturated carbocycles. The summed E-state index contributed by atoms with van der Waals surface area (Å²) in [5.41, 5.74) is 2.42. The fourth-order valence-electron chi connectivity index (χ4n) is 3.41. The predicted molar refractivity (Wildman–Crippen MR) is 103 cm³/mol. The quantitative estimate of drug-likeness (QED) is 0.714. The summed E-state index contributed by atoms with van der Waals surface area (Å²) in [5.74, 6) is 0.550. The highest BCUT2D eigenvalue weighted by atomic mass is 19.1. The smallest absolute Gasteiger partial charge is 0.136 e. The number of morpholine rings is 1. The van der Waals surface area contributed by atoms with E-state index in [0.717, 1.165) is 42.9 Å². The largest absolute Gasteiger partial charge is 0.378 e. The lowest BCUT2D eigenvalue weighted by Crippen LogP contribution is -2.36. The average molecular weight is 351 g/mol. The Morgan fingerprint density at radius 1 is 1.08 bits per heavy atom. The van der Waals surface area contributed by atoms with Gasteiger partial charge < -0.3 is 14.5 Å². The molecule has 26 heavy (non-hydrogen) atoms. The molecule has 0 amide bonds. The number of halogens is 1. The van der Waals surface area contributed by atoms with Crippen molar-refractivity contribution in [3.8, 4) is 0 Å². The number of hydrogen-bond acceptors (Lipinski definition) is 4. The van der Waals surface area contributed by atoms with Gasteiger partial charge >= 0.3 is 0 Å². The molecule has 0 spiro atoms. The second kappa shape index (κ2) is 7.30. The summed E-state index contributed by atoms with van der Waals surface area (Å²) in [6.45, 7) is 4.16. The van der Waals surface area contributed by atoms with E-state index in [4.69, 9.17) is 4.74 Å². The van der Waals surface area contributed by atoms with Gasteiger partial charge in [-0.2, -0.15) is 0 Å². The Balaban J connectivity index is 1.53. The van der Waals surface area contributed by atoms with Crippen molar-refractivity contribution < 1.29 is 9.13 Å². The molecule has 1 aromatic heterocycles. The predicted octanol–water partition coefficient (Wildman–Crippen LogP) is 3.85. The fourth-order valence-corrected chi connectivity index (χ4v) is 3.41. The van der Waals surface area contributed by atoms with Gasteiger partial charge in [0, 0.05) is 44.0 Å². The van der Waals surface area contributed by atoms with Crippen molar-refractivity contribution in [2.75, 3.05) is 43.2 Å². The number of pyridine rings is 1. The Morgan fingerprint density at radius 3 is 2.62 bits per heavy atom. The maximum absolute atomic E-state index is 13.7. The fraction of sp³-hybridized carbons (Fsp3) is 0.286. The molecule has 0 unspecified atom stereocenters. The molecule has 4 rings (SSSR count). The summed E-state index contributed by atoms with van der Waals surface area (Å²) in [7, 11) is 1.99. The van der Waals surface area contributed by atoms with Crippen LogP contribution in [0.1, 0.15) is 5.56 Å². The van der Waals surface area contributed by atoms with Crippen LogP contribution in [0, 0.1) is 5.82 Å². The van der Waals surface area contributed by atoms with Crippen molar-refractivity contribution in [3.63, 3.8) is 0 Å². The van der Waals surface area contributed by atoms with E-state index in [9.17, 15) is 4.39 Å². The van der Waals surface area contributed by atoms with Crippen LogP contribution in [0.25, 0.3) is 10.8 Å². The minimum absolute atomic E-state index is 0.241. The Hall–Kier alpha value is -2.66. The molecular formula is C21H22FN3O. The molecule has 1 aliphatic rings.